The molecule has 0 bridgehead atoms. The Morgan fingerprint density at radius 3 is 2.56 bits per heavy atom. The van der Waals surface area contributed by atoms with E-state index in [0.29, 0.717) is 23.4 Å². The molecule has 0 unspecified atom stereocenters. The number of carbonyl (C=O) groups excluding carboxylic acids is 1. The second kappa shape index (κ2) is 5.69. The van der Waals surface area contributed by atoms with Gasteiger partial charge in [-0.25, -0.2) is 0 Å². The van der Waals surface area contributed by atoms with Gasteiger partial charge in [-0.05, 0) is 30.2 Å². The summed E-state index contributed by atoms with van der Waals surface area (Å²) in [7, 11) is 0. The SMILES string of the molecule is O=C(CCc1ccccc1)c1cc(Cl)ccc1O. The number of phenols is 1. The van der Waals surface area contributed by atoms with E-state index in [0.717, 1.165) is 5.56 Å². The summed E-state index contributed by atoms with van der Waals surface area (Å²) < 4.78 is 0. The fraction of sp³-hybridized carbons (Fsp3) is 0.133. The maximum atomic E-state index is 12.0. The Labute approximate surface area is 111 Å². The Balaban J connectivity index is 2.06. The number of carbonyl (C=O) groups is 1. The number of rotatable bonds is 4. The van der Waals surface area contributed by atoms with Gasteiger partial charge in [0.15, 0.2) is 5.78 Å². The van der Waals surface area contributed by atoms with Crippen LogP contribution >= 0.6 is 11.6 Å². The maximum Gasteiger partial charge on any atom is 0.166 e. The van der Waals surface area contributed by atoms with Crippen molar-refractivity contribution in [3.8, 4) is 5.75 Å². The van der Waals surface area contributed by atoms with Gasteiger partial charge in [-0.1, -0.05) is 41.9 Å². The third-order valence-electron chi connectivity index (χ3n) is 2.74. The molecule has 0 spiro atoms. The summed E-state index contributed by atoms with van der Waals surface area (Å²) in [4.78, 5) is 12.0. The Kier molecular flexibility index (Phi) is 4.00. The van der Waals surface area contributed by atoms with Crippen LogP contribution in [-0.4, -0.2) is 10.9 Å². The lowest BCUT2D eigenvalue weighted by Crippen LogP contribution is -2.01. The highest BCUT2D eigenvalue weighted by Crippen LogP contribution is 2.23. The van der Waals surface area contributed by atoms with Gasteiger partial charge in [0.05, 0.1) is 5.56 Å². The highest BCUT2D eigenvalue weighted by molar-refractivity contribution is 6.31. The molecule has 3 heteroatoms. The Bertz CT molecular complexity index is 550. The van der Waals surface area contributed by atoms with Crippen molar-refractivity contribution < 1.29 is 9.90 Å². The number of hydrogen-bond donors (Lipinski definition) is 1. The van der Waals surface area contributed by atoms with E-state index in [1.165, 1.54) is 12.1 Å². The highest BCUT2D eigenvalue weighted by atomic mass is 35.5. The largest absolute Gasteiger partial charge is 0.507 e. The molecule has 0 aliphatic heterocycles. The smallest absolute Gasteiger partial charge is 0.166 e. The van der Waals surface area contributed by atoms with Gasteiger partial charge in [-0.3, -0.25) is 4.79 Å². The molecule has 2 rings (SSSR count). The molecule has 0 saturated heterocycles. The van der Waals surface area contributed by atoms with Crippen molar-refractivity contribution in [1.82, 2.24) is 0 Å². The summed E-state index contributed by atoms with van der Waals surface area (Å²) in [5.41, 5.74) is 1.39. The topological polar surface area (TPSA) is 37.3 Å². The summed E-state index contributed by atoms with van der Waals surface area (Å²) in [6.45, 7) is 0. The zero-order valence-electron chi connectivity index (χ0n) is 9.77. The Morgan fingerprint density at radius 1 is 1.11 bits per heavy atom. The summed E-state index contributed by atoms with van der Waals surface area (Å²) in [5, 5.41) is 10.1. The van der Waals surface area contributed by atoms with Crippen molar-refractivity contribution >= 4 is 17.4 Å². The van der Waals surface area contributed by atoms with E-state index < -0.39 is 0 Å². The van der Waals surface area contributed by atoms with Crippen molar-refractivity contribution in [1.29, 1.82) is 0 Å². The van der Waals surface area contributed by atoms with Gasteiger partial charge in [0.2, 0.25) is 0 Å². The number of benzene rings is 2. The van der Waals surface area contributed by atoms with Gasteiger partial charge in [0.25, 0.3) is 0 Å². The molecule has 0 amide bonds. The van der Waals surface area contributed by atoms with Gasteiger partial charge in [0.1, 0.15) is 5.75 Å². The summed E-state index contributed by atoms with van der Waals surface area (Å²) >= 11 is 5.81. The van der Waals surface area contributed by atoms with E-state index in [2.05, 4.69) is 0 Å². The van der Waals surface area contributed by atoms with Crippen LogP contribution in [0.25, 0.3) is 0 Å². The van der Waals surface area contributed by atoms with Crippen LogP contribution < -0.4 is 0 Å². The predicted octanol–water partition coefficient (Wildman–Crippen LogP) is 3.86. The van der Waals surface area contributed by atoms with Crippen LogP contribution in [0.1, 0.15) is 22.3 Å². The minimum Gasteiger partial charge on any atom is -0.507 e. The maximum absolute atomic E-state index is 12.0. The number of Topliss-reactive ketones (excluding diaryl/α,β-unsaturated/α-hetero) is 1. The zero-order chi connectivity index (χ0) is 13.0. The van der Waals surface area contributed by atoms with Crippen molar-refractivity contribution in [3.05, 3.63) is 64.7 Å². The normalized spacial score (nSPS) is 10.3. The molecule has 0 heterocycles. The lowest BCUT2D eigenvalue weighted by Gasteiger charge is -2.04. The van der Waals surface area contributed by atoms with Crippen LogP contribution in [0.15, 0.2) is 48.5 Å². The van der Waals surface area contributed by atoms with E-state index in [-0.39, 0.29) is 11.5 Å². The molecule has 2 aromatic rings. The zero-order valence-corrected chi connectivity index (χ0v) is 10.5. The van der Waals surface area contributed by atoms with Gasteiger partial charge in [-0.2, -0.15) is 0 Å². The monoisotopic (exact) mass is 260 g/mol. The van der Waals surface area contributed by atoms with Gasteiger partial charge in [-0.15, -0.1) is 0 Å². The summed E-state index contributed by atoms with van der Waals surface area (Å²) in [6, 6.07) is 14.3. The fourth-order valence-corrected chi connectivity index (χ4v) is 1.94. The second-order valence-electron chi connectivity index (χ2n) is 4.07. The van der Waals surface area contributed by atoms with Crippen LogP contribution in [0.5, 0.6) is 5.75 Å². The van der Waals surface area contributed by atoms with Gasteiger partial charge < -0.3 is 5.11 Å². The number of hydrogen-bond acceptors (Lipinski definition) is 2. The van der Waals surface area contributed by atoms with E-state index in [9.17, 15) is 9.90 Å². The fourth-order valence-electron chi connectivity index (χ4n) is 1.77. The highest BCUT2D eigenvalue weighted by Gasteiger charge is 2.11. The second-order valence-corrected chi connectivity index (χ2v) is 4.51. The Hall–Kier alpha value is -1.80. The molecule has 0 radical (unpaired) electrons. The molecule has 0 atom stereocenters. The first-order chi connectivity index (χ1) is 8.66. The van der Waals surface area contributed by atoms with Crippen LogP contribution in [-0.2, 0) is 6.42 Å². The molecular formula is C15H13ClO2. The first-order valence-corrected chi connectivity index (χ1v) is 6.10. The van der Waals surface area contributed by atoms with Crippen LogP contribution in [0.3, 0.4) is 0 Å². The third kappa shape index (κ3) is 3.11. The molecule has 0 aliphatic rings. The number of aromatic hydroxyl groups is 1. The summed E-state index contributed by atoms with van der Waals surface area (Å²) in [6.07, 6.45) is 1.02. The number of halogens is 1. The van der Waals surface area contributed by atoms with E-state index in [1.54, 1.807) is 6.07 Å². The van der Waals surface area contributed by atoms with Crippen LogP contribution in [0.2, 0.25) is 5.02 Å². The van der Waals surface area contributed by atoms with Crippen molar-refractivity contribution in [3.63, 3.8) is 0 Å². The minimum absolute atomic E-state index is 0.0162. The lowest BCUT2D eigenvalue weighted by molar-refractivity contribution is 0.0980. The quantitative estimate of drug-likeness (QED) is 0.848. The van der Waals surface area contributed by atoms with Crippen LogP contribution in [0.4, 0.5) is 0 Å². The first kappa shape index (κ1) is 12.7. The van der Waals surface area contributed by atoms with Crippen molar-refractivity contribution in [2.75, 3.05) is 0 Å². The third-order valence-corrected chi connectivity index (χ3v) is 2.98. The molecule has 0 aliphatic carbocycles. The summed E-state index contributed by atoms with van der Waals surface area (Å²) in [5.74, 6) is -0.115. The molecule has 2 aromatic carbocycles. The number of phenolic OH excluding ortho intramolecular Hbond substituents is 1. The molecule has 18 heavy (non-hydrogen) atoms. The minimum atomic E-state index is -0.0983. The predicted molar refractivity (Wildman–Crippen MR) is 72.2 cm³/mol. The van der Waals surface area contributed by atoms with E-state index in [1.807, 2.05) is 30.3 Å². The van der Waals surface area contributed by atoms with E-state index >= 15 is 0 Å². The average molecular weight is 261 g/mol. The molecule has 0 fully saturated rings. The number of aryl methyl sites for hydroxylation is 1. The average Bonchev–Trinajstić information content (AvgIpc) is 2.40. The number of ketones is 1. The first-order valence-electron chi connectivity index (χ1n) is 5.72. The molecule has 92 valence electrons. The van der Waals surface area contributed by atoms with Crippen molar-refractivity contribution in [2.24, 2.45) is 0 Å². The molecular weight excluding hydrogens is 248 g/mol. The van der Waals surface area contributed by atoms with Gasteiger partial charge >= 0.3 is 0 Å². The Morgan fingerprint density at radius 2 is 1.83 bits per heavy atom. The van der Waals surface area contributed by atoms with Crippen LogP contribution in [0, 0.1) is 0 Å². The molecule has 2 nitrogen and oxygen atoms in total. The lowest BCUT2D eigenvalue weighted by atomic mass is 10.0. The molecule has 1 N–H and O–H groups in total. The van der Waals surface area contributed by atoms with E-state index in [4.69, 9.17) is 11.6 Å². The van der Waals surface area contributed by atoms with Gasteiger partial charge in [0, 0.05) is 11.4 Å². The molecule has 0 saturated carbocycles. The van der Waals surface area contributed by atoms with Crippen molar-refractivity contribution in [2.45, 2.75) is 12.8 Å². The molecule has 0 aromatic heterocycles. The standard InChI is InChI=1S/C15H13ClO2/c16-12-7-9-15(18)13(10-12)14(17)8-6-11-4-2-1-3-5-11/h1-5,7,9-10,18H,6,8H2.